The van der Waals surface area contributed by atoms with Crippen molar-refractivity contribution in [3.63, 3.8) is 0 Å². The Balaban J connectivity index is 0.00000338. The molecular formula is C22H30LiO2P. The molecular weight excluding hydrogens is 334 g/mol. The molecule has 2 rings (SSSR count). The summed E-state index contributed by atoms with van der Waals surface area (Å²) in [4.78, 5) is 13.3. The maximum Gasteiger partial charge on any atom is 1.00 e. The summed E-state index contributed by atoms with van der Waals surface area (Å²) in [5.74, 6) is 1.01. The molecule has 0 N–H and O–H groups in total. The molecule has 0 aliphatic carbocycles. The van der Waals surface area contributed by atoms with Crippen LogP contribution >= 0.6 is 9.24 Å². The minimum atomic E-state index is -0.457. The number of carbonyl (C=O) groups excluding carboxylic acids is 1. The van der Waals surface area contributed by atoms with E-state index in [0.29, 0.717) is 0 Å². The largest absolute Gasteiger partial charge is 1.00 e. The van der Waals surface area contributed by atoms with Crippen LogP contribution in [0.2, 0.25) is 0 Å². The summed E-state index contributed by atoms with van der Waals surface area (Å²) >= 11 is 0. The molecule has 2 nitrogen and oxygen atoms in total. The molecule has 2 aromatic rings. The molecule has 136 valence electrons. The Labute approximate surface area is 174 Å². The number of rotatable bonds is 8. The number of Topliss-reactive ketones (excluding diaryl/α,β-unsaturated/α-hetero) is 1. The summed E-state index contributed by atoms with van der Waals surface area (Å²) in [5.41, 5.74) is 2.83. The molecule has 4 heteroatoms. The first kappa shape index (κ1) is 23.0. The summed E-state index contributed by atoms with van der Waals surface area (Å²) in [6.45, 7) is 8.29. The molecule has 0 aromatic heterocycles. The van der Waals surface area contributed by atoms with Crippen molar-refractivity contribution >= 4 is 20.3 Å². The summed E-state index contributed by atoms with van der Waals surface area (Å²) in [7, 11) is 2.67. The fourth-order valence-corrected chi connectivity index (χ4v) is 3.34. The van der Waals surface area contributed by atoms with Crippen molar-refractivity contribution in [2.45, 2.75) is 53.1 Å². The van der Waals surface area contributed by atoms with Crippen LogP contribution < -0.4 is 28.9 Å². The van der Waals surface area contributed by atoms with Crippen LogP contribution in [0, 0.1) is 19.8 Å². The molecule has 3 unspecified atom stereocenters. The van der Waals surface area contributed by atoms with Crippen LogP contribution in [0.1, 0.15) is 56.0 Å². The van der Waals surface area contributed by atoms with E-state index in [1.54, 1.807) is 0 Å². The van der Waals surface area contributed by atoms with Crippen molar-refractivity contribution < 1.29 is 29.8 Å². The van der Waals surface area contributed by atoms with Gasteiger partial charge in [-0.15, -0.1) is 9.24 Å². The van der Waals surface area contributed by atoms with E-state index in [-0.39, 0.29) is 32.0 Å². The quantitative estimate of drug-likeness (QED) is 0.408. The number of carbonyl (C=O) groups is 1. The van der Waals surface area contributed by atoms with Crippen LogP contribution in [0.3, 0.4) is 0 Å². The normalized spacial score (nSPS) is 12.8. The molecule has 2 aromatic carbocycles. The fraction of sp³-hybridized carbons (Fsp3) is 0.409. The van der Waals surface area contributed by atoms with Gasteiger partial charge in [-0.1, -0.05) is 57.0 Å². The molecule has 26 heavy (non-hydrogen) atoms. The van der Waals surface area contributed by atoms with Crippen molar-refractivity contribution in [3.8, 4) is 5.75 Å². The van der Waals surface area contributed by atoms with Gasteiger partial charge in [0.15, 0.2) is 6.10 Å². The Hall–Kier alpha value is -1.06. The molecule has 0 saturated heterocycles. The molecule has 3 atom stereocenters. The molecule has 0 bridgehead atoms. The summed E-state index contributed by atoms with van der Waals surface area (Å²) in [6.07, 6.45) is 2.75. The summed E-state index contributed by atoms with van der Waals surface area (Å²) in [5, 5.41) is 1.10. The minimum Gasteiger partial charge on any atom is -1.00 e. The van der Waals surface area contributed by atoms with E-state index in [1.807, 2.05) is 56.3 Å². The molecule has 0 radical (unpaired) electrons. The second-order valence-electron chi connectivity index (χ2n) is 6.86. The summed E-state index contributed by atoms with van der Waals surface area (Å²) in [6, 6.07) is 13.8. The average Bonchev–Trinajstić information content (AvgIpc) is 2.58. The fourth-order valence-electron chi connectivity index (χ4n) is 3.14. The van der Waals surface area contributed by atoms with Crippen LogP contribution in [0.4, 0.5) is 0 Å². The van der Waals surface area contributed by atoms with Crippen molar-refractivity contribution in [1.29, 1.82) is 0 Å². The maximum atomic E-state index is 13.3. The molecule has 0 spiro atoms. The zero-order chi connectivity index (χ0) is 18.4. The first-order valence-corrected chi connectivity index (χ1v) is 9.64. The standard InChI is InChI=1S/C22H29O2P.Li.H/c1-5-6-8-17(4)22(24-18-11-13-19(25)14-12-18)21(23)20-15(2)9-7-10-16(20)3;;/h7,9-14,17,22H,5-6,8,25H2,1-4H3;;/q;+1;-1. The maximum absolute atomic E-state index is 13.3. The number of hydrogen-bond donors (Lipinski definition) is 0. The van der Waals surface area contributed by atoms with E-state index in [9.17, 15) is 4.79 Å². The van der Waals surface area contributed by atoms with E-state index in [0.717, 1.165) is 47.0 Å². The smallest absolute Gasteiger partial charge is 1.00 e. The Morgan fingerprint density at radius 3 is 2.23 bits per heavy atom. The second-order valence-corrected chi connectivity index (χ2v) is 7.52. The van der Waals surface area contributed by atoms with Crippen molar-refractivity contribution in [3.05, 3.63) is 59.2 Å². The van der Waals surface area contributed by atoms with Gasteiger partial charge in [0.25, 0.3) is 0 Å². The third-order valence-electron chi connectivity index (χ3n) is 4.66. The van der Waals surface area contributed by atoms with Crippen molar-refractivity contribution in [2.24, 2.45) is 5.92 Å². The van der Waals surface area contributed by atoms with Crippen LogP contribution in [0.5, 0.6) is 5.75 Å². The predicted octanol–water partition coefficient (Wildman–Crippen LogP) is 2.38. The van der Waals surface area contributed by atoms with Crippen LogP contribution in [-0.4, -0.2) is 11.9 Å². The van der Waals surface area contributed by atoms with E-state index in [1.165, 1.54) is 0 Å². The minimum absolute atomic E-state index is 0. The van der Waals surface area contributed by atoms with Crippen LogP contribution in [-0.2, 0) is 0 Å². The Morgan fingerprint density at radius 1 is 1.12 bits per heavy atom. The molecule has 0 saturated carbocycles. The number of aryl methyl sites for hydroxylation is 2. The van der Waals surface area contributed by atoms with E-state index in [4.69, 9.17) is 4.74 Å². The number of ether oxygens (including phenoxy) is 1. The summed E-state index contributed by atoms with van der Waals surface area (Å²) < 4.78 is 6.20. The second kappa shape index (κ2) is 10.9. The average molecular weight is 364 g/mol. The molecule has 0 heterocycles. The van der Waals surface area contributed by atoms with Gasteiger partial charge in [-0.25, -0.2) is 0 Å². The van der Waals surface area contributed by atoms with Gasteiger partial charge in [-0.05, 0) is 48.8 Å². The van der Waals surface area contributed by atoms with E-state index < -0.39 is 6.10 Å². The number of benzene rings is 2. The first-order chi connectivity index (χ1) is 11.9. The third-order valence-corrected chi connectivity index (χ3v) is 5.04. The number of unbranched alkanes of at least 4 members (excludes halogenated alkanes) is 1. The SMILES string of the molecule is CCCCC(C)C(Oc1ccc(P)cc1)C(=O)c1c(C)cccc1C.[H-].[Li+]. The number of ketones is 1. The monoisotopic (exact) mass is 364 g/mol. The molecule has 0 aliphatic rings. The van der Waals surface area contributed by atoms with Gasteiger partial charge in [-0.3, -0.25) is 4.79 Å². The first-order valence-electron chi connectivity index (χ1n) is 9.06. The Morgan fingerprint density at radius 2 is 1.69 bits per heavy atom. The van der Waals surface area contributed by atoms with Crippen LogP contribution in [0.15, 0.2) is 42.5 Å². The molecule has 0 aliphatic heterocycles. The van der Waals surface area contributed by atoms with Crippen molar-refractivity contribution in [2.75, 3.05) is 0 Å². The van der Waals surface area contributed by atoms with Gasteiger partial charge in [-0.2, -0.15) is 0 Å². The Kier molecular flexibility index (Phi) is 9.66. The molecule has 0 fully saturated rings. The number of hydrogen-bond acceptors (Lipinski definition) is 2. The Bertz CT molecular complexity index is 699. The van der Waals surface area contributed by atoms with Crippen molar-refractivity contribution in [1.82, 2.24) is 0 Å². The topological polar surface area (TPSA) is 26.3 Å². The predicted molar refractivity (Wildman–Crippen MR) is 110 cm³/mol. The third kappa shape index (κ3) is 5.99. The van der Waals surface area contributed by atoms with Gasteiger partial charge >= 0.3 is 18.9 Å². The van der Waals surface area contributed by atoms with Gasteiger partial charge in [0.05, 0.1) is 0 Å². The van der Waals surface area contributed by atoms with Gasteiger partial charge in [0.2, 0.25) is 5.78 Å². The van der Waals surface area contributed by atoms with Gasteiger partial charge < -0.3 is 6.16 Å². The van der Waals surface area contributed by atoms with E-state index in [2.05, 4.69) is 23.1 Å². The van der Waals surface area contributed by atoms with E-state index >= 15 is 0 Å². The van der Waals surface area contributed by atoms with Crippen LogP contribution in [0.25, 0.3) is 0 Å². The zero-order valence-electron chi connectivity index (χ0n) is 17.7. The zero-order valence-corrected chi connectivity index (χ0v) is 17.9. The van der Waals surface area contributed by atoms with Gasteiger partial charge in [0.1, 0.15) is 5.75 Å². The molecule has 0 amide bonds. The van der Waals surface area contributed by atoms with Gasteiger partial charge in [0, 0.05) is 11.5 Å².